The summed E-state index contributed by atoms with van der Waals surface area (Å²) >= 11 is 0. The molecule has 0 aromatic heterocycles. The fourth-order valence-electron chi connectivity index (χ4n) is 1.76. The van der Waals surface area contributed by atoms with E-state index in [-0.39, 0.29) is 18.7 Å². The monoisotopic (exact) mass is 214 g/mol. The van der Waals surface area contributed by atoms with Gasteiger partial charge >= 0.3 is 0 Å². The number of hydrogen-bond acceptors (Lipinski definition) is 5. The van der Waals surface area contributed by atoms with Gasteiger partial charge in [-0.2, -0.15) is 5.01 Å². The van der Waals surface area contributed by atoms with Crippen molar-refractivity contribution in [1.29, 1.82) is 0 Å². The summed E-state index contributed by atoms with van der Waals surface area (Å²) in [4.78, 5) is 11.1. The lowest BCUT2D eigenvalue weighted by Gasteiger charge is -2.29. The van der Waals surface area contributed by atoms with Crippen LogP contribution in [0.3, 0.4) is 0 Å². The summed E-state index contributed by atoms with van der Waals surface area (Å²) in [5.41, 5.74) is 2.61. The quantitative estimate of drug-likeness (QED) is 0.513. The predicted octanol–water partition coefficient (Wildman–Crippen LogP) is -1.64. The molecule has 0 bridgehead atoms. The Hall–Kier alpha value is -0.950. The van der Waals surface area contributed by atoms with E-state index in [0.717, 1.165) is 0 Å². The topological polar surface area (TPSA) is 82.0 Å². The Morgan fingerprint density at radius 2 is 2.47 bits per heavy atom. The highest BCUT2D eigenvalue weighted by atomic mass is 16.5. The molecule has 2 rings (SSSR count). The second-order valence-electron chi connectivity index (χ2n) is 3.65. The Labute approximate surface area is 87.1 Å². The van der Waals surface area contributed by atoms with Crippen LogP contribution < -0.4 is 5.43 Å². The highest BCUT2D eigenvalue weighted by molar-refractivity contribution is 5.87. The molecule has 2 heterocycles. The maximum atomic E-state index is 11.1. The average molecular weight is 214 g/mol. The number of aliphatic hydroxyl groups excluding tert-OH is 2. The standard InChI is InChI=1S/C9H14N2O4/c12-5-7-6(13)4-9(15-7)11-3-1-2-8(14)10-11/h1-2,6-7,9,12-13H,3-5H2,(H,10,14)/t6-,7+,9?/m0/s1. The van der Waals surface area contributed by atoms with Crippen LogP contribution in [-0.2, 0) is 9.53 Å². The fraction of sp³-hybridized carbons (Fsp3) is 0.667. The number of carbonyl (C=O) groups excluding carboxylic acids is 1. The molecule has 0 aromatic carbocycles. The minimum Gasteiger partial charge on any atom is -0.394 e. The van der Waals surface area contributed by atoms with E-state index in [1.54, 1.807) is 11.1 Å². The number of nitrogens with zero attached hydrogens (tertiary/aromatic N) is 1. The Morgan fingerprint density at radius 1 is 1.67 bits per heavy atom. The molecule has 1 amide bonds. The van der Waals surface area contributed by atoms with E-state index in [4.69, 9.17) is 9.84 Å². The van der Waals surface area contributed by atoms with Gasteiger partial charge in [0.05, 0.1) is 12.7 Å². The van der Waals surface area contributed by atoms with Crippen molar-refractivity contribution in [3.8, 4) is 0 Å². The first-order valence-electron chi connectivity index (χ1n) is 4.89. The zero-order valence-corrected chi connectivity index (χ0v) is 8.17. The van der Waals surface area contributed by atoms with Crippen molar-refractivity contribution in [2.45, 2.75) is 24.9 Å². The van der Waals surface area contributed by atoms with Crippen LogP contribution in [0.1, 0.15) is 6.42 Å². The van der Waals surface area contributed by atoms with Gasteiger partial charge in [-0.3, -0.25) is 10.2 Å². The zero-order chi connectivity index (χ0) is 10.8. The maximum absolute atomic E-state index is 11.1. The second-order valence-corrected chi connectivity index (χ2v) is 3.65. The molecule has 0 spiro atoms. The minimum atomic E-state index is -0.678. The van der Waals surface area contributed by atoms with Gasteiger partial charge in [0.2, 0.25) is 0 Å². The van der Waals surface area contributed by atoms with Crippen LogP contribution in [0.2, 0.25) is 0 Å². The molecule has 3 N–H and O–H groups in total. The molecule has 1 saturated heterocycles. The minimum absolute atomic E-state index is 0.202. The van der Waals surface area contributed by atoms with Gasteiger partial charge in [0.25, 0.3) is 5.91 Å². The number of nitrogens with one attached hydrogen (secondary N) is 1. The normalized spacial score (nSPS) is 36.9. The molecule has 2 aliphatic rings. The van der Waals surface area contributed by atoms with Gasteiger partial charge < -0.3 is 14.9 Å². The van der Waals surface area contributed by atoms with E-state index >= 15 is 0 Å². The van der Waals surface area contributed by atoms with E-state index in [1.807, 2.05) is 0 Å². The van der Waals surface area contributed by atoms with Crippen LogP contribution in [0.15, 0.2) is 12.2 Å². The van der Waals surface area contributed by atoms with Crippen molar-refractivity contribution in [3.63, 3.8) is 0 Å². The molecule has 3 atom stereocenters. The first-order valence-corrected chi connectivity index (χ1v) is 4.89. The molecule has 6 heteroatoms. The smallest absolute Gasteiger partial charge is 0.258 e. The van der Waals surface area contributed by atoms with Gasteiger partial charge in [-0.25, -0.2) is 0 Å². The molecule has 0 aliphatic carbocycles. The number of carbonyl (C=O) groups is 1. The first-order chi connectivity index (χ1) is 7.20. The molecule has 6 nitrogen and oxygen atoms in total. The second kappa shape index (κ2) is 4.28. The number of amides is 1. The van der Waals surface area contributed by atoms with Crippen molar-refractivity contribution in [1.82, 2.24) is 10.4 Å². The fourth-order valence-corrected chi connectivity index (χ4v) is 1.76. The molecule has 0 saturated carbocycles. The third-order valence-electron chi connectivity index (χ3n) is 2.56. The highest BCUT2D eigenvalue weighted by Crippen LogP contribution is 2.22. The maximum Gasteiger partial charge on any atom is 0.258 e. The predicted molar refractivity (Wildman–Crippen MR) is 50.4 cm³/mol. The molecular weight excluding hydrogens is 200 g/mol. The van der Waals surface area contributed by atoms with Crippen LogP contribution in [-0.4, -0.2) is 52.7 Å². The summed E-state index contributed by atoms with van der Waals surface area (Å²) in [5.74, 6) is -0.202. The Bertz CT molecular complexity index is 281. The molecule has 0 radical (unpaired) electrons. The van der Waals surface area contributed by atoms with Crippen LogP contribution >= 0.6 is 0 Å². The van der Waals surface area contributed by atoms with Crippen molar-refractivity contribution >= 4 is 5.91 Å². The number of hydrogen-bond donors (Lipinski definition) is 3. The molecule has 15 heavy (non-hydrogen) atoms. The van der Waals surface area contributed by atoms with Crippen LogP contribution in [0.4, 0.5) is 0 Å². The van der Waals surface area contributed by atoms with E-state index < -0.39 is 12.2 Å². The Morgan fingerprint density at radius 3 is 3.07 bits per heavy atom. The van der Waals surface area contributed by atoms with E-state index in [9.17, 15) is 9.90 Å². The van der Waals surface area contributed by atoms with Crippen LogP contribution in [0.5, 0.6) is 0 Å². The lowest BCUT2D eigenvalue weighted by atomic mass is 10.2. The van der Waals surface area contributed by atoms with Crippen molar-refractivity contribution in [2.75, 3.05) is 13.2 Å². The van der Waals surface area contributed by atoms with Crippen LogP contribution in [0, 0.1) is 0 Å². The van der Waals surface area contributed by atoms with Gasteiger partial charge in [0, 0.05) is 19.0 Å². The number of hydrazine groups is 1. The summed E-state index contributed by atoms with van der Waals surface area (Å²) in [5, 5.41) is 20.0. The van der Waals surface area contributed by atoms with Crippen molar-refractivity contribution in [2.24, 2.45) is 0 Å². The summed E-state index contributed by atoms with van der Waals surface area (Å²) in [7, 11) is 0. The summed E-state index contributed by atoms with van der Waals surface area (Å²) < 4.78 is 5.39. The lowest BCUT2D eigenvalue weighted by molar-refractivity contribution is -0.133. The molecule has 2 aliphatic heterocycles. The number of rotatable bonds is 2. The van der Waals surface area contributed by atoms with Gasteiger partial charge in [-0.05, 0) is 0 Å². The van der Waals surface area contributed by atoms with E-state index in [2.05, 4.69) is 5.43 Å². The third-order valence-corrected chi connectivity index (χ3v) is 2.56. The summed E-state index contributed by atoms with van der Waals surface area (Å²) in [6, 6.07) is 0. The average Bonchev–Trinajstić information content (AvgIpc) is 2.60. The molecule has 0 aromatic rings. The lowest BCUT2D eigenvalue weighted by Crippen LogP contribution is -2.50. The van der Waals surface area contributed by atoms with E-state index in [0.29, 0.717) is 13.0 Å². The van der Waals surface area contributed by atoms with Gasteiger partial charge in [0.15, 0.2) is 0 Å². The molecule has 1 fully saturated rings. The van der Waals surface area contributed by atoms with Gasteiger partial charge in [-0.1, -0.05) is 6.08 Å². The molecule has 1 unspecified atom stereocenters. The summed E-state index contributed by atoms with van der Waals surface area (Å²) in [6.07, 6.45) is 1.96. The van der Waals surface area contributed by atoms with Gasteiger partial charge in [0.1, 0.15) is 12.3 Å². The highest BCUT2D eigenvalue weighted by Gasteiger charge is 2.37. The Balaban J connectivity index is 1.95. The van der Waals surface area contributed by atoms with E-state index in [1.165, 1.54) is 6.08 Å². The molecular formula is C9H14N2O4. The van der Waals surface area contributed by atoms with Crippen LogP contribution in [0.25, 0.3) is 0 Å². The zero-order valence-electron chi connectivity index (χ0n) is 8.17. The third kappa shape index (κ3) is 2.18. The van der Waals surface area contributed by atoms with Gasteiger partial charge in [-0.15, -0.1) is 0 Å². The number of ether oxygens (including phenoxy) is 1. The molecule has 84 valence electrons. The Kier molecular flexibility index (Phi) is 3.01. The van der Waals surface area contributed by atoms with Crippen molar-refractivity contribution < 1.29 is 19.7 Å². The number of aliphatic hydroxyl groups is 2. The summed E-state index contributed by atoms with van der Waals surface area (Å²) in [6.45, 7) is 0.330. The SMILES string of the molecule is O=C1C=CCN(C2C[C@H](O)[C@@H](CO)O2)N1. The first kappa shape index (κ1) is 10.6. The largest absolute Gasteiger partial charge is 0.394 e. The van der Waals surface area contributed by atoms with Crippen molar-refractivity contribution in [3.05, 3.63) is 12.2 Å².